The Labute approximate surface area is 135 Å². The topological polar surface area (TPSA) is 49.4 Å². The molecule has 0 spiro atoms. The van der Waals surface area contributed by atoms with Crippen molar-refractivity contribution in [3.8, 4) is 12.3 Å². The number of benzene rings is 2. The Morgan fingerprint density at radius 2 is 1.96 bits per heavy atom. The second kappa shape index (κ2) is 6.37. The van der Waals surface area contributed by atoms with Crippen LogP contribution in [0.2, 0.25) is 0 Å². The van der Waals surface area contributed by atoms with Gasteiger partial charge in [-0.3, -0.25) is 9.59 Å². The van der Waals surface area contributed by atoms with Crippen LogP contribution in [0.15, 0.2) is 48.5 Å². The van der Waals surface area contributed by atoms with Gasteiger partial charge in [-0.05, 0) is 48.9 Å². The number of amides is 2. The average Bonchev–Trinajstić information content (AvgIpc) is 3.01. The number of rotatable bonds is 3. The fraction of sp³-hybridized carbons (Fsp3) is 0.158. The quantitative estimate of drug-likeness (QED) is 0.886. The summed E-state index contributed by atoms with van der Waals surface area (Å²) >= 11 is 0. The molecule has 4 nitrogen and oxygen atoms in total. The monoisotopic (exact) mass is 304 g/mol. The maximum atomic E-state index is 12.3. The highest BCUT2D eigenvalue weighted by atomic mass is 16.2. The normalized spacial score (nSPS) is 13.7. The molecular weight excluding hydrogens is 288 g/mol. The lowest BCUT2D eigenvalue weighted by Gasteiger charge is -2.15. The molecule has 2 aromatic carbocycles. The average molecular weight is 304 g/mol. The molecular formula is C19H16N2O2. The summed E-state index contributed by atoms with van der Waals surface area (Å²) in [5, 5.41) is 2.82. The van der Waals surface area contributed by atoms with Gasteiger partial charge in [0.15, 0.2) is 0 Å². The van der Waals surface area contributed by atoms with Gasteiger partial charge in [-0.1, -0.05) is 12.0 Å². The van der Waals surface area contributed by atoms with Crippen molar-refractivity contribution in [3.05, 3.63) is 59.7 Å². The van der Waals surface area contributed by atoms with Gasteiger partial charge in [0, 0.05) is 35.5 Å². The summed E-state index contributed by atoms with van der Waals surface area (Å²) in [6.07, 6.45) is 6.83. The molecule has 1 saturated heterocycles. The fourth-order valence-corrected chi connectivity index (χ4v) is 2.60. The number of hydrogen-bond donors (Lipinski definition) is 1. The third-order valence-electron chi connectivity index (χ3n) is 3.80. The first-order valence-electron chi connectivity index (χ1n) is 7.46. The van der Waals surface area contributed by atoms with Crippen LogP contribution >= 0.6 is 0 Å². The van der Waals surface area contributed by atoms with Crippen molar-refractivity contribution in [1.82, 2.24) is 0 Å². The van der Waals surface area contributed by atoms with Crippen LogP contribution in [0, 0.1) is 12.3 Å². The molecule has 0 radical (unpaired) electrons. The lowest BCUT2D eigenvalue weighted by Crippen LogP contribution is -2.23. The Balaban J connectivity index is 1.72. The van der Waals surface area contributed by atoms with Gasteiger partial charge in [0.25, 0.3) is 5.91 Å². The molecule has 1 heterocycles. The minimum absolute atomic E-state index is 0.133. The highest BCUT2D eigenvalue weighted by Crippen LogP contribution is 2.22. The van der Waals surface area contributed by atoms with E-state index in [1.54, 1.807) is 53.4 Å². The summed E-state index contributed by atoms with van der Waals surface area (Å²) in [6, 6.07) is 14.2. The third-order valence-corrected chi connectivity index (χ3v) is 3.80. The van der Waals surface area contributed by atoms with E-state index in [4.69, 9.17) is 6.42 Å². The maximum Gasteiger partial charge on any atom is 0.255 e. The first kappa shape index (κ1) is 14.9. The van der Waals surface area contributed by atoms with Crippen LogP contribution in [0.5, 0.6) is 0 Å². The van der Waals surface area contributed by atoms with Gasteiger partial charge in [-0.25, -0.2) is 0 Å². The molecule has 3 rings (SSSR count). The molecule has 2 amide bonds. The molecule has 1 N–H and O–H groups in total. The van der Waals surface area contributed by atoms with Crippen molar-refractivity contribution in [2.24, 2.45) is 0 Å². The molecule has 0 aliphatic carbocycles. The molecule has 0 unspecified atom stereocenters. The number of carbonyl (C=O) groups is 2. The van der Waals surface area contributed by atoms with Gasteiger partial charge in [0.05, 0.1) is 0 Å². The number of anilines is 2. The summed E-state index contributed by atoms with van der Waals surface area (Å²) in [5.74, 6) is 2.46. The Morgan fingerprint density at radius 3 is 2.61 bits per heavy atom. The number of nitrogens with zero attached hydrogens (tertiary/aromatic N) is 1. The third kappa shape index (κ3) is 3.24. The number of carbonyl (C=O) groups excluding carboxylic acids is 2. The first-order valence-corrected chi connectivity index (χ1v) is 7.46. The molecule has 114 valence electrons. The van der Waals surface area contributed by atoms with E-state index in [2.05, 4.69) is 11.2 Å². The van der Waals surface area contributed by atoms with Gasteiger partial charge in [-0.15, -0.1) is 6.42 Å². The molecule has 1 aliphatic rings. The van der Waals surface area contributed by atoms with E-state index in [1.165, 1.54) is 0 Å². The van der Waals surface area contributed by atoms with E-state index in [0.717, 1.165) is 18.7 Å². The number of nitrogens with one attached hydrogen (secondary N) is 1. The molecule has 0 saturated carbocycles. The van der Waals surface area contributed by atoms with E-state index >= 15 is 0 Å². The molecule has 0 bridgehead atoms. The fourth-order valence-electron chi connectivity index (χ4n) is 2.60. The van der Waals surface area contributed by atoms with Crippen molar-refractivity contribution in [3.63, 3.8) is 0 Å². The summed E-state index contributed by atoms with van der Waals surface area (Å²) in [6.45, 7) is 0.739. The van der Waals surface area contributed by atoms with Crippen LogP contribution in [0.4, 0.5) is 11.4 Å². The van der Waals surface area contributed by atoms with Crippen molar-refractivity contribution >= 4 is 23.2 Å². The van der Waals surface area contributed by atoms with Gasteiger partial charge in [-0.2, -0.15) is 0 Å². The first-order chi connectivity index (χ1) is 11.2. The highest BCUT2D eigenvalue weighted by Gasteiger charge is 2.21. The molecule has 4 heteroatoms. The molecule has 1 aliphatic heterocycles. The van der Waals surface area contributed by atoms with Gasteiger partial charge in [0.1, 0.15) is 0 Å². The van der Waals surface area contributed by atoms with E-state index in [0.29, 0.717) is 23.2 Å². The van der Waals surface area contributed by atoms with Gasteiger partial charge in [0.2, 0.25) is 5.91 Å². The zero-order valence-corrected chi connectivity index (χ0v) is 12.6. The van der Waals surface area contributed by atoms with E-state index in [9.17, 15) is 9.59 Å². The molecule has 23 heavy (non-hydrogen) atoms. The molecule has 2 aromatic rings. The van der Waals surface area contributed by atoms with E-state index in [-0.39, 0.29) is 11.8 Å². The summed E-state index contributed by atoms with van der Waals surface area (Å²) in [5.41, 5.74) is 2.74. The van der Waals surface area contributed by atoms with Crippen LogP contribution in [-0.2, 0) is 4.79 Å². The molecule has 0 aromatic heterocycles. The van der Waals surface area contributed by atoms with Gasteiger partial charge >= 0.3 is 0 Å². The van der Waals surface area contributed by atoms with Crippen molar-refractivity contribution in [1.29, 1.82) is 0 Å². The van der Waals surface area contributed by atoms with Crippen molar-refractivity contribution in [2.75, 3.05) is 16.8 Å². The smallest absolute Gasteiger partial charge is 0.255 e. The van der Waals surface area contributed by atoms with E-state index in [1.807, 2.05) is 0 Å². The summed E-state index contributed by atoms with van der Waals surface area (Å²) in [7, 11) is 0. The zero-order chi connectivity index (χ0) is 16.2. The van der Waals surface area contributed by atoms with Crippen molar-refractivity contribution < 1.29 is 9.59 Å². The lowest BCUT2D eigenvalue weighted by atomic mass is 10.1. The second-order valence-electron chi connectivity index (χ2n) is 5.38. The molecule has 1 fully saturated rings. The van der Waals surface area contributed by atoms with Crippen LogP contribution in [-0.4, -0.2) is 18.4 Å². The minimum Gasteiger partial charge on any atom is -0.322 e. The van der Waals surface area contributed by atoms with Crippen LogP contribution in [0.1, 0.15) is 28.8 Å². The summed E-state index contributed by atoms with van der Waals surface area (Å²) in [4.78, 5) is 25.7. The predicted molar refractivity (Wildman–Crippen MR) is 90.4 cm³/mol. The zero-order valence-electron chi connectivity index (χ0n) is 12.6. The van der Waals surface area contributed by atoms with Crippen LogP contribution in [0.25, 0.3) is 0 Å². The molecule has 0 atom stereocenters. The van der Waals surface area contributed by atoms with Crippen LogP contribution in [0.3, 0.4) is 0 Å². The Bertz CT molecular complexity index is 788. The lowest BCUT2D eigenvalue weighted by molar-refractivity contribution is -0.117. The predicted octanol–water partition coefficient (Wildman–Crippen LogP) is 3.05. The largest absolute Gasteiger partial charge is 0.322 e. The standard InChI is InChI=1S/C19H16N2O2/c1-2-14-5-3-6-16(13-14)20-19(23)15-8-10-17(11-9-15)21-12-4-7-18(21)22/h1,3,5-6,8-11,13H,4,7,12H2,(H,20,23). The SMILES string of the molecule is C#Cc1cccc(NC(=O)c2ccc(N3CCCC3=O)cc2)c1. The van der Waals surface area contributed by atoms with Gasteiger partial charge < -0.3 is 10.2 Å². The number of terminal acetylenes is 1. The Morgan fingerprint density at radius 1 is 1.17 bits per heavy atom. The Hall–Kier alpha value is -3.06. The van der Waals surface area contributed by atoms with E-state index < -0.39 is 0 Å². The number of hydrogen-bond acceptors (Lipinski definition) is 2. The van der Waals surface area contributed by atoms with Crippen molar-refractivity contribution in [2.45, 2.75) is 12.8 Å². The second-order valence-corrected chi connectivity index (χ2v) is 5.38. The summed E-state index contributed by atoms with van der Waals surface area (Å²) < 4.78 is 0. The van der Waals surface area contributed by atoms with Crippen LogP contribution < -0.4 is 10.2 Å². The highest BCUT2D eigenvalue weighted by molar-refractivity contribution is 6.05. The minimum atomic E-state index is -0.210. The maximum absolute atomic E-state index is 12.3. The Kier molecular flexibility index (Phi) is 4.11.